The molecule has 0 aliphatic rings. The van der Waals surface area contributed by atoms with E-state index >= 15 is 0 Å². The highest BCUT2D eigenvalue weighted by Gasteiger charge is 2.21. The summed E-state index contributed by atoms with van der Waals surface area (Å²) in [4.78, 5) is 19.7. The molecule has 0 radical (unpaired) electrons. The van der Waals surface area contributed by atoms with Crippen LogP contribution in [-0.2, 0) is 0 Å². The molecule has 5 heteroatoms. The number of pyridine rings is 4. The Balaban J connectivity index is 1.00. The van der Waals surface area contributed by atoms with E-state index in [-0.39, 0.29) is 0 Å². The van der Waals surface area contributed by atoms with Gasteiger partial charge in [-0.05, 0) is 104 Å². The van der Waals surface area contributed by atoms with Gasteiger partial charge < -0.3 is 4.42 Å². The number of para-hydroxylation sites is 2. The van der Waals surface area contributed by atoms with Crippen LogP contribution in [0.2, 0.25) is 0 Å². The minimum absolute atomic E-state index is 0.784. The van der Waals surface area contributed by atoms with E-state index in [1.54, 1.807) is 12.4 Å². The third kappa shape index (κ3) is 5.94. The Morgan fingerprint density at radius 3 is 1.69 bits per heavy atom. The van der Waals surface area contributed by atoms with E-state index in [0.717, 1.165) is 100 Å². The molecule has 284 valence electrons. The zero-order chi connectivity index (χ0) is 40.3. The van der Waals surface area contributed by atoms with Crippen molar-refractivity contribution in [1.29, 1.82) is 0 Å². The molecule has 0 spiro atoms. The lowest BCUT2D eigenvalue weighted by atomic mass is 9.91. The quantitative estimate of drug-likeness (QED) is 0.157. The van der Waals surface area contributed by atoms with Gasteiger partial charge >= 0.3 is 0 Å². The molecule has 0 N–H and O–H groups in total. The van der Waals surface area contributed by atoms with Gasteiger partial charge in [-0.3, -0.25) is 9.97 Å². The normalized spacial score (nSPS) is 11.6. The number of nitrogens with zero attached hydrogens (tertiary/aromatic N) is 4. The molecule has 5 nitrogen and oxygen atoms in total. The third-order valence-electron chi connectivity index (χ3n) is 11.8. The highest BCUT2D eigenvalue weighted by atomic mass is 16.3. The van der Waals surface area contributed by atoms with E-state index < -0.39 is 0 Å². The number of aromatic nitrogens is 4. The summed E-state index contributed by atoms with van der Waals surface area (Å²) in [6, 6.07) is 67.9. The number of rotatable bonds is 6. The van der Waals surface area contributed by atoms with Gasteiger partial charge in [0.25, 0.3) is 0 Å². The summed E-state index contributed by atoms with van der Waals surface area (Å²) in [7, 11) is 0. The Kier molecular flexibility index (Phi) is 8.10. The molecule has 7 aromatic carbocycles. The fourth-order valence-corrected chi connectivity index (χ4v) is 8.89. The van der Waals surface area contributed by atoms with Crippen LogP contribution in [-0.4, -0.2) is 19.9 Å². The molecular weight excluding hydrogens is 745 g/mol. The molecule has 5 heterocycles. The summed E-state index contributed by atoms with van der Waals surface area (Å²) >= 11 is 0. The SMILES string of the molecule is c1ccc(-c2cc(-c3ccc(-c4cccc(-c5nc6c(-c7cc8ccccc8c8ccccc78)cccc6c6c5oc5ccccc56)c4)cc3)cc(-c3ccccn3)n2)nc1. The minimum Gasteiger partial charge on any atom is -0.454 e. The molecule has 12 aromatic rings. The molecule has 61 heavy (non-hydrogen) atoms. The van der Waals surface area contributed by atoms with Crippen LogP contribution in [0, 0.1) is 0 Å². The molecule has 12 rings (SSSR count). The van der Waals surface area contributed by atoms with Gasteiger partial charge in [-0.2, -0.15) is 0 Å². The zero-order valence-corrected chi connectivity index (χ0v) is 32.8. The number of hydrogen-bond donors (Lipinski definition) is 0. The van der Waals surface area contributed by atoms with Gasteiger partial charge in [0.2, 0.25) is 0 Å². The summed E-state index contributed by atoms with van der Waals surface area (Å²) in [6.45, 7) is 0. The molecule has 0 saturated heterocycles. The standard InChI is InChI=1S/C56H34N4O/c1-2-16-41-38(13-1)32-47(43-18-4-3-17-42(41)43)44-20-12-21-46-53-45-19-5-6-24-52(45)61-56(53)54(60-55(44)46)39-15-11-14-37(31-39)35-25-27-36(28-26-35)40-33-50(48-22-7-9-29-57-48)59-51(34-40)49-23-8-10-30-58-49/h1-34H. The Hall–Kier alpha value is -8.28. The second-order valence-electron chi connectivity index (χ2n) is 15.4. The van der Waals surface area contributed by atoms with Crippen molar-refractivity contribution in [2.75, 3.05) is 0 Å². The number of benzene rings is 7. The number of furan rings is 1. The van der Waals surface area contributed by atoms with Gasteiger partial charge in [-0.25, -0.2) is 9.97 Å². The molecule has 0 unspecified atom stereocenters. The first kappa shape index (κ1) is 34.7. The van der Waals surface area contributed by atoms with Crippen molar-refractivity contribution >= 4 is 54.4 Å². The van der Waals surface area contributed by atoms with Crippen LogP contribution >= 0.6 is 0 Å². The summed E-state index contributed by atoms with van der Waals surface area (Å²) in [5, 5.41) is 8.09. The minimum atomic E-state index is 0.784. The van der Waals surface area contributed by atoms with Crippen LogP contribution in [0.15, 0.2) is 211 Å². The van der Waals surface area contributed by atoms with E-state index in [0.29, 0.717) is 0 Å². The largest absolute Gasteiger partial charge is 0.454 e. The molecule has 0 bridgehead atoms. The lowest BCUT2D eigenvalue weighted by Crippen LogP contribution is -1.94. The lowest BCUT2D eigenvalue weighted by molar-refractivity contribution is 0.669. The van der Waals surface area contributed by atoms with Gasteiger partial charge in [-0.15, -0.1) is 0 Å². The highest BCUT2D eigenvalue weighted by molar-refractivity contribution is 6.24. The molecular formula is C56H34N4O. The third-order valence-corrected chi connectivity index (χ3v) is 11.8. The van der Waals surface area contributed by atoms with Crippen LogP contribution in [0.4, 0.5) is 0 Å². The summed E-state index contributed by atoms with van der Waals surface area (Å²) in [5.74, 6) is 0. The molecule has 0 amide bonds. The van der Waals surface area contributed by atoms with Crippen molar-refractivity contribution in [1.82, 2.24) is 19.9 Å². The van der Waals surface area contributed by atoms with E-state index in [1.807, 2.05) is 48.5 Å². The van der Waals surface area contributed by atoms with E-state index in [1.165, 1.54) is 21.5 Å². The van der Waals surface area contributed by atoms with Crippen LogP contribution in [0.3, 0.4) is 0 Å². The summed E-state index contributed by atoms with van der Waals surface area (Å²) in [6.07, 6.45) is 3.59. The van der Waals surface area contributed by atoms with Crippen LogP contribution < -0.4 is 0 Å². The monoisotopic (exact) mass is 778 g/mol. The van der Waals surface area contributed by atoms with Gasteiger partial charge in [0, 0.05) is 39.7 Å². The number of hydrogen-bond acceptors (Lipinski definition) is 5. The smallest absolute Gasteiger partial charge is 0.162 e. The molecule has 5 aromatic heterocycles. The second kappa shape index (κ2) is 14.2. The van der Waals surface area contributed by atoms with Crippen molar-refractivity contribution < 1.29 is 4.42 Å². The van der Waals surface area contributed by atoms with Crippen LogP contribution in [0.25, 0.3) is 122 Å². The lowest BCUT2D eigenvalue weighted by Gasteiger charge is -2.14. The Labute approximate surface area is 351 Å². The fraction of sp³-hybridized carbons (Fsp3) is 0. The highest BCUT2D eigenvalue weighted by Crippen LogP contribution is 2.44. The Morgan fingerprint density at radius 2 is 0.951 bits per heavy atom. The van der Waals surface area contributed by atoms with Crippen molar-refractivity contribution in [2.45, 2.75) is 0 Å². The van der Waals surface area contributed by atoms with Crippen molar-refractivity contribution in [3.05, 3.63) is 207 Å². The molecule has 0 fully saturated rings. The number of fused-ring (bicyclic) bond motifs is 8. The first-order chi connectivity index (χ1) is 30.2. The fourth-order valence-electron chi connectivity index (χ4n) is 8.89. The molecule has 0 atom stereocenters. The molecule has 0 saturated carbocycles. The maximum absolute atomic E-state index is 6.74. The van der Waals surface area contributed by atoms with Crippen molar-refractivity contribution in [3.63, 3.8) is 0 Å². The van der Waals surface area contributed by atoms with Gasteiger partial charge in [-0.1, -0.05) is 140 Å². The van der Waals surface area contributed by atoms with Gasteiger partial charge in [0.05, 0.1) is 28.3 Å². The topological polar surface area (TPSA) is 64.7 Å². The maximum Gasteiger partial charge on any atom is 0.162 e. The van der Waals surface area contributed by atoms with E-state index in [2.05, 4.69) is 156 Å². The van der Waals surface area contributed by atoms with E-state index in [4.69, 9.17) is 14.4 Å². The Bertz CT molecular complexity index is 3580. The first-order valence-electron chi connectivity index (χ1n) is 20.4. The average molecular weight is 779 g/mol. The first-order valence-corrected chi connectivity index (χ1v) is 20.4. The molecule has 0 aliphatic heterocycles. The predicted octanol–water partition coefficient (Wildman–Crippen LogP) is 14.6. The van der Waals surface area contributed by atoms with Crippen LogP contribution in [0.1, 0.15) is 0 Å². The predicted molar refractivity (Wildman–Crippen MR) is 250 cm³/mol. The maximum atomic E-state index is 6.74. The molecule has 0 aliphatic carbocycles. The zero-order valence-electron chi connectivity index (χ0n) is 32.8. The second-order valence-corrected chi connectivity index (χ2v) is 15.4. The Morgan fingerprint density at radius 1 is 0.344 bits per heavy atom. The van der Waals surface area contributed by atoms with E-state index in [9.17, 15) is 0 Å². The van der Waals surface area contributed by atoms with Crippen LogP contribution in [0.5, 0.6) is 0 Å². The van der Waals surface area contributed by atoms with Gasteiger partial charge in [0.15, 0.2) is 5.58 Å². The summed E-state index contributed by atoms with van der Waals surface area (Å²) < 4.78 is 6.74. The van der Waals surface area contributed by atoms with Crippen molar-refractivity contribution in [2.24, 2.45) is 0 Å². The van der Waals surface area contributed by atoms with Crippen molar-refractivity contribution in [3.8, 4) is 67.4 Å². The average Bonchev–Trinajstić information content (AvgIpc) is 3.74. The summed E-state index contributed by atoms with van der Waals surface area (Å²) in [5.41, 5.74) is 14.1. The van der Waals surface area contributed by atoms with Gasteiger partial charge in [0.1, 0.15) is 11.3 Å².